The highest BCUT2D eigenvalue weighted by Crippen LogP contribution is 2.19. The largest absolute Gasteiger partial charge is 0.469 e. The van der Waals surface area contributed by atoms with Crippen LogP contribution in [0.1, 0.15) is 26.2 Å². The molecule has 1 N–H and O–H groups in total. The number of likely N-dealkylation sites (tertiary alicyclic amines) is 1. The number of rotatable bonds is 5. The molecule has 0 spiro atoms. The lowest BCUT2D eigenvalue weighted by atomic mass is 9.97. The first kappa shape index (κ1) is 16.2. The van der Waals surface area contributed by atoms with Crippen molar-refractivity contribution in [3.63, 3.8) is 0 Å². The highest BCUT2D eigenvalue weighted by Gasteiger charge is 2.30. The predicted octanol–water partition coefficient (Wildman–Crippen LogP) is 0.0818. The van der Waals surface area contributed by atoms with E-state index in [0.717, 1.165) is 38.9 Å². The SMILES string of the molecule is CCN(CC(=O)N1CCC(C(=O)OC)CC1)C1CCNC1. The summed E-state index contributed by atoms with van der Waals surface area (Å²) in [6.07, 6.45) is 2.55. The second kappa shape index (κ2) is 7.75. The Morgan fingerprint density at radius 3 is 2.52 bits per heavy atom. The number of nitrogens with zero attached hydrogens (tertiary/aromatic N) is 2. The van der Waals surface area contributed by atoms with Crippen molar-refractivity contribution in [2.45, 2.75) is 32.2 Å². The zero-order valence-electron chi connectivity index (χ0n) is 13.1. The lowest BCUT2D eigenvalue weighted by molar-refractivity contribution is -0.149. The summed E-state index contributed by atoms with van der Waals surface area (Å²) in [6, 6.07) is 0.478. The van der Waals surface area contributed by atoms with Gasteiger partial charge in [0.2, 0.25) is 5.91 Å². The first-order valence-electron chi connectivity index (χ1n) is 7.96. The maximum absolute atomic E-state index is 12.4. The van der Waals surface area contributed by atoms with E-state index in [0.29, 0.717) is 25.7 Å². The molecule has 1 atom stereocenters. The highest BCUT2D eigenvalue weighted by molar-refractivity contribution is 5.79. The number of likely N-dealkylation sites (N-methyl/N-ethyl adjacent to an activating group) is 1. The molecule has 21 heavy (non-hydrogen) atoms. The van der Waals surface area contributed by atoms with E-state index < -0.39 is 0 Å². The molecule has 2 fully saturated rings. The van der Waals surface area contributed by atoms with Gasteiger partial charge in [-0.1, -0.05) is 6.92 Å². The third-order valence-electron chi connectivity index (χ3n) is 4.68. The van der Waals surface area contributed by atoms with Gasteiger partial charge in [-0.25, -0.2) is 0 Å². The van der Waals surface area contributed by atoms with E-state index in [-0.39, 0.29) is 17.8 Å². The second-order valence-corrected chi connectivity index (χ2v) is 5.89. The Hall–Kier alpha value is -1.14. The van der Waals surface area contributed by atoms with Crippen LogP contribution in [0.2, 0.25) is 0 Å². The smallest absolute Gasteiger partial charge is 0.308 e. The van der Waals surface area contributed by atoms with Crippen molar-refractivity contribution in [2.75, 3.05) is 46.4 Å². The van der Waals surface area contributed by atoms with Gasteiger partial charge < -0.3 is 15.0 Å². The number of hydrogen-bond acceptors (Lipinski definition) is 5. The molecule has 2 saturated heterocycles. The second-order valence-electron chi connectivity index (χ2n) is 5.89. The van der Waals surface area contributed by atoms with Gasteiger partial charge in [-0.3, -0.25) is 14.5 Å². The Morgan fingerprint density at radius 2 is 2.00 bits per heavy atom. The average molecular weight is 297 g/mol. The van der Waals surface area contributed by atoms with Crippen molar-refractivity contribution < 1.29 is 14.3 Å². The maximum Gasteiger partial charge on any atom is 0.308 e. The van der Waals surface area contributed by atoms with Crippen LogP contribution in [0.25, 0.3) is 0 Å². The number of carbonyl (C=O) groups excluding carboxylic acids is 2. The molecule has 2 aliphatic heterocycles. The van der Waals surface area contributed by atoms with Gasteiger partial charge in [0.05, 0.1) is 19.6 Å². The predicted molar refractivity (Wildman–Crippen MR) is 79.8 cm³/mol. The summed E-state index contributed by atoms with van der Waals surface area (Å²) in [5, 5.41) is 3.35. The van der Waals surface area contributed by atoms with Crippen LogP contribution in [-0.2, 0) is 14.3 Å². The third-order valence-corrected chi connectivity index (χ3v) is 4.68. The summed E-state index contributed by atoms with van der Waals surface area (Å²) in [6.45, 7) is 6.85. The quantitative estimate of drug-likeness (QED) is 0.728. The number of nitrogens with one attached hydrogen (secondary N) is 1. The molecular weight excluding hydrogens is 270 g/mol. The van der Waals surface area contributed by atoms with E-state index in [9.17, 15) is 9.59 Å². The molecule has 0 saturated carbocycles. The molecule has 0 aromatic rings. The van der Waals surface area contributed by atoms with Crippen LogP contribution in [0.15, 0.2) is 0 Å². The van der Waals surface area contributed by atoms with Crippen molar-refractivity contribution in [2.24, 2.45) is 5.92 Å². The van der Waals surface area contributed by atoms with E-state index >= 15 is 0 Å². The van der Waals surface area contributed by atoms with Gasteiger partial charge in [0, 0.05) is 25.7 Å². The molecule has 2 heterocycles. The summed E-state index contributed by atoms with van der Waals surface area (Å²) in [5.41, 5.74) is 0. The van der Waals surface area contributed by atoms with Crippen LogP contribution < -0.4 is 5.32 Å². The highest BCUT2D eigenvalue weighted by atomic mass is 16.5. The number of hydrogen-bond donors (Lipinski definition) is 1. The van der Waals surface area contributed by atoms with Gasteiger partial charge in [-0.15, -0.1) is 0 Å². The minimum absolute atomic E-state index is 0.0413. The minimum Gasteiger partial charge on any atom is -0.469 e. The number of esters is 1. The summed E-state index contributed by atoms with van der Waals surface area (Å²) in [5.74, 6) is 0.00161. The van der Waals surface area contributed by atoms with Crippen LogP contribution in [0, 0.1) is 5.92 Å². The van der Waals surface area contributed by atoms with Crippen molar-refractivity contribution in [3.05, 3.63) is 0 Å². The molecule has 120 valence electrons. The molecule has 2 rings (SSSR count). The van der Waals surface area contributed by atoms with Gasteiger partial charge in [0.15, 0.2) is 0 Å². The van der Waals surface area contributed by atoms with Gasteiger partial charge in [-0.05, 0) is 32.4 Å². The summed E-state index contributed by atoms with van der Waals surface area (Å²) >= 11 is 0. The fourth-order valence-corrected chi connectivity index (χ4v) is 3.26. The van der Waals surface area contributed by atoms with Crippen molar-refractivity contribution in [1.29, 1.82) is 0 Å². The fraction of sp³-hybridized carbons (Fsp3) is 0.867. The Bertz CT molecular complexity index is 361. The van der Waals surface area contributed by atoms with Gasteiger partial charge in [0.1, 0.15) is 0 Å². The normalized spacial score (nSPS) is 23.6. The fourth-order valence-electron chi connectivity index (χ4n) is 3.26. The van der Waals surface area contributed by atoms with E-state index in [4.69, 9.17) is 4.74 Å². The van der Waals surface area contributed by atoms with E-state index in [1.165, 1.54) is 7.11 Å². The average Bonchev–Trinajstić information content (AvgIpc) is 3.06. The van der Waals surface area contributed by atoms with E-state index in [1.54, 1.807) is 0 Å². The number of ether oxygens (including phenoxy) is 1. The Balaban J connectivity index is 1.79. The zero-order valence-corrected chi connectivity index (χ0v) is 13.1. The Labute approximate surface area is 126 Å². The Kier molecular flexibility index (Phi) is 5.99. The van der Waals surface area contributed by atoms with Crippen LogP contribution in [0.3, 0.4) is 0 Å². The zero-order chi connectivity index (χ0) is 15.2. The molecule has 2 aliphatic rings. The molecule has 0 aromatic heterocycles. The summed E-state index contributed by atoms with van der Waals surface area (Å²) in [4.78, 5) is 28.1. The minimum atomic E-state index is -0.144. The summed E-state index contributed by atoms with van der Waals surface area (Å²) < 4.78 is 4.78. The van der Waals surface area contributed by atoms with Gasteiger partial charge in [0.25, 0.3) is 0 Å². The summed E-state index contributed by atoms with van der Waals surface area (Å²) in [7, 11) is 1.43. The molecular formula is C15H27N3O3. The maximum atomic E-state index is 12.4. The molecule has 0 bridgehead atoms. The lowest BCUT2D eigenvalue weighted by Gasteiger charge is -2.33. The van der Waals surface area contributed by atoms with E-state index in [2.05, 4.69) is 17.1 Å². The molecule has 0 aliphatic carbocycles. The molecule has 6 nitrogen and oxygen atoms in total. The third kappa shape index (κ3) is 4.17. The van der Waals surface area contributed by atoms with E-state index in [1.807, 2.05) is 4.90 Å². The van der Waals surface area contributed by atoms with Crippen molar-refractivity contribution in [3.8, 4) is 0 Å². The standard InChI is InChI=1S/C15H27N3O3/c1-3-17(13-4-7-16-10-13)11-14(19)18-8-5-12(6-9-18)15(20)21-2/h12-13,16H,3-11H2,1-2H3. The van der Waals surface area contributed by atoms with Crippen LogP contribution in [-0.4, -0.2) is 74.1 Å². The number of amides is 1. The van der Waals surface area contributed by atoms with Crippen LogP contribution >= 0.6 is 0 Å². The lowest BCUT2D eigenvalue weighted by Crippen LogP contribution is -2.48. The van der Waals surface area contributed by atoms with Gasteiger partial charge in [-0.2, -0.15) is 0 Å². The molecule has 0 radical (unpaired) electrons. The van der Waals surface area contributed by atoms with Crippen molar-refractivity contribution >= 4 is 11.9 Å². The monoisotopic (exact) mass is 297 g/mol. The molecule has 0 aromatic carbocycles. The first-order valence-corrected chi connectivity index (χ1v) is 7.96. The topological polar surface area (TPSA) is 61.9 Å². The number of piperidine rings is 1. The number of carbonyl (C=O) groups is 2. The molecule has 1 unspecified atom stereocenters. The molecule has 1 amide bonds. The van der Waals surface area contributed by atoms with Crippen LogP contribution in [0.5, 0.6) is 0 Å². The first-order chi connectivity index (χ1) is 10.2. The Morgan fingerprint density at radius 1 is 1.29 bits per heavy atom. The molecule has 6 heteroatoms. The van der Waals surface area contributed by atoms with Crippen molar-refractivity contribution in [1.82, 2.24) is 15.1 Å². The van der Waals surface area contributed by atoms with Crippen LogP contribution in [0.4, 0.5) is 0 Å². The van der Waals surface area contributed by atoms with Gasteiger partial charge >= 0.3 is 5.97 Å². The number of methoxy groups -OCH3 is 1.